The maximum Gasteiger partial charge on any atom is 0.0512 e. The first-order valence-electron chi connectivity index (χ1n) is 5.78. The molecule has 0 amide bonds. The summed E-state index contributed by atoms with van der Waals surface area (Å²) in [5, 5.41) is 0. The Bertz CT molecular complexity index is 319. The molecular formula is C13H19NOS. The molecule has 0 aromatic heterocycles. The second-order valence-corrected chi connectivity index (χ2v) is 5.16. The van der Waals surface area contributed by atoms with Gasteiger partial charge in [-0.3, -0.25) is 0 Å². The summed E-state index contributed by atoms with van der Waals surface area (Å²) in [5.74, 6) is 0.480. The minimum atomic E-state index is 0.121. The van der Waals surface area contributed by atoms with E-state index in [1.54, 1.807) is 11.8 Å². The van der Waals surface area contributed by atoms with Gasteiger partial charge in [0.05, 0.1) is 6.61 Å². The lowest BCUT2D eigenvalue weighted by Crippen LogP contribution is -2.28. The lowest BCUT2D eigenvalue weighted by atomic mass is 9.89. The molecule has 1 aromatic carbocycles. The monoisotopic (exact) mass is 237 g/mol. The number of nitrogens with two attached hydrogens (primary N) is 1. The Labute approximate surface area is 102 Å². The van der Waals surface area contributed by atoms with E-state index in [2.05, 4.69) is 30.5 Å². The van der Waals surface area contributed by atoms with E-state index in [-0.39, 0.29) is 6.04 Å². The van der Waals surface area contributed by atoms with Gasteiger partial charge in [0.1, 0.15) is 0 Å². The topological polar surface area (TPSA) is 35.2 Å². The molecule has 2 N–H and O–H groups in total. The van der Waals surface area contributed by atoms with Gasteiger partial charge in [0.2, 0.25) is 0 Å². The van der Waals surface area contributed by atoms with Crippen LogP contribution in [0.15, 0.2) is 29.2 Å². The first kappa shape index (κ1) is 12.0. The fourth-order valence-electron chi connectivity index (χ4n) is 2.15. The summed E-state index contributed by atoms with van der Waals surface area (Å²) in [7, 11) is 0. The minimum absolute atomic E-state index is 0.121. The summed E-state index contributed by atoms with van der Waals surface area (Å²) in [4.78, 5) is 1.29. The molecule has 0 spiro atoms. The van der Waals surface area contributed by atoms with Gasteiger partial charge in [-0.15, -0.1) is 11.8 Å². The molecule has 88 valence electrons. The van der Waals surface area contributed by atoms with Crippen LogP contribution in [-0.4, -0.2) is 19.5 Å². The molecule has 1 aromatic rings. The largest absolute Gasteiger partial charge is 0.381 e. The van der Waals surface area contributed by atoms with Crippen molar-refractivity contribution < 1.29 is 4.74 Å². The first-order valence-corrected chi connectivity index (χ1v) is 7.01. The van der Waals surface area contributed by atoms with E-state index in [0.29, 0.717) is 5.92 Å². The molecule has 1 aliphatic heterocycles. The maximum absolute atomic E-state index is 6.27. The third-order valence-electron chi connectivity index (χ3n) is 3.20. The van der Waals surface area contributed by atoms with E-state index in [1.165, 1.54) is 16.9 Å². The van der Waals surface area contributed by atoms with E-state index in [1.807, 2.05) is 0 Å². The Kier molecular flexibility index (Phi) is 4.27. The van der Waals surface area contributed by atoms with Gasteiger partial charge in [-0.05, 0) is 36.8 Å². The highest BCUT2D eigenvalue weighted by atomic mass is 32.2. The average molecular weight is 237 g/mol. The van der Waals surface area contributed by atoms with Crippen molar-refractivity contribution in [1.82, 2.24) is 0 Å². The van der Waals surface area contributed by atoms with Gasteiger partial charge in [0, 0.05) is 23.5 Å². The standard InChI is InChI=1S/C13H19NOS/c1-16-12-6-4-10(5-7-12)13(14)11-3-2-8-15-9-11/h4-7,11,13H,2-3,8-9,14H2,1H3. The van der Waals surface area contributed by atoms with Gasteiger partial charge >= 0.3 is 0 Å². The van der Waals surface area contributed by atoms with E-state index >= 15 is 0 Å². The Balaban J connectivity index is 2.04. The normalized spacial score (nSPS) is 23.0. The van der Waals surface area contributed by atoms with Crippen LogP contribution >= 0.6 is 11.8 Å². The van der Waals surface area contributed by atoms with Gasteiger partial charge in [0.25, 0.3) is 0 Å². The summed E-state index contributed by atoms with van der Waals surface area (Å²) in [6, 6.07) is 8.69. The maximum atomic E-state index is 6.27. The molecule has 1 saturated heterocycles. The number of thioether (sulfide) groups is 1. The molecule has 16 heavy (non-hydrogen) atoms. The lowest BCUT2D eigenvalue weighted by molar-refractivity contribution is 0.0447. The summed E-state index contributed by atoms with van der Waals surface area (Å²) in [5.41, 5.74) is 7.50. The fourth-order valence-corrected chi connectivity index (χ4v) is 2.56. The molecule has 1 fully saturated rings. The second kappa shape index (κ2) is 5.71. The quantitative estimate of drug-likeness (QED) is 0.821. The number of benzene rings is 1. The van der Waals surface area contributed by atoms with E-state index in [0.717, 1.165) is 19.6 Å². The van der Waals surface area contributed by atoms with Crippen molar-refractivity contribution in [1.29, 1.82) is 0 Å². The van der Waals surface area contributed by atoms with E-state index in [9.17, 15) is 0 Å². The SMILES string of the molecule is CSc1ccc(C(N)C2CCCOC2)cc1. The highest BCUT2D eigenvalue weighted by Crippen LogP contribution is 2.27. The Morgan fingerprint density at radius 1 is 1.38 bits per heavy atom. The Morgan fingerprint density at radius 3 is 2.69 bits per heavy atom. The molecule has 0 radical (unpaired) electrons. The average Bonchev–Trinajstić information content (AvgIpc) is 2.39. The summed E-state index contributed by atoms with van der Waals surface area (Å²) in [6.07, 6.45) is 4.41. The molecule has 0 aliphatic carbocycles. The van der Waals surface area contributed by atoms with Gasteiger partial charge in [0.15, 0.2) is 0 Å². The molecule has 1 aliphatic rings. The zero-order valence-corrected chi connectivity index (χ0v) is 10.5. The van der Waals surface area contributed by atoms with E-state index < -0.39 is 0 Å². The number of rotatable bonds is 3. The van der Waals surface area contributed by atoms with Gasteiger partial charge in [-0.2, -0.15) is 0 Å². The molecule has 2 unspecified atom stereocenters. The summed E-state index contributed by atoms with van der Waals surface area (Å²) >= 11 is 1.76. The van der Waals surface area contributed by atoms with Crippen LogP contribution in [0.1, 0.15) is 24.4 Å². The second-order valence-electron chi connectivity index (χ2n) is 4.28. The molecule has 2 atom stereocenters. The van der Waals surface area contributed by atoms with Gasteiger partial charge in [-0.1, -0.05) is 12.1 Å². The van der Waals surface area contributed by atoms with Crippen molar-refractivity contribution in [3.8, 4) is 0 Å². The molecule has 2 nitrogen and oxygen atoms in total. The molecule has 3 heteroatoms. The number of hydrogen-bond acceptors (Lipinski definition) is 3. The fraction of sp³-hybridized carbons (Fsp3) is 0.538. The van der Waals surface area contributed by atoms with Crippen molar-refractivity contribution >= 4 is 11.8 Å². The molecule has 2 rings (SSSR count). The predicted octanol–water partition coefficient (Wildman–Crippen LogP) is 2.83. The Hall–Kier alpha value is -0.510. The van der Waals surface area contributed by atoms with Crippen LogP contribution in [0.25, 0.3) is 0 Å². The van der Waals surface area contributed by atoms with Crippen molar-refractivity contribution in [3.05, 3.63) is 29.8 Å². The predicted molar refractivity (Wildman–Crippen MR) is 68.7 cm³/mol. The van der Waals surface area contributed by atoms with Crippen LogP contribution in [0.2, 0.25) is 0 Å². The molecule has 0 saturated carbocycles. The summed E-state index contributed by atoms with van der Waals surface area (Å²) < 4.78 is 5.49. The first-order chi connectivity index (χ1) is 7.81. The molecule has 0 bridgehead atoms. The van der Waals surface area contributed by atoms with Crippen molar-refractivity contribution in [2.24, 2.45) is 11.7 Å². The summed E-state index contributed by atoms with van der Waals surface area (Å²) in [6.45, 7) is 1.71. The highest BCUT2D eigenvalue weighted by Gasteiger charge is 2.22. The minimum Gasteiger partial charge on any atom is -0.381 e. The zero-order chi connectivity index (χ0) is 11.4. The van der Waals surface area contributed by atoms with Crippen LogP contribution in [-0.2, 0) is 4.74 Å². The van der Waals surface area contributed by atoms with Crippen LogP contribution < -0.4 is 5.73 Å². The highest BCUT2D eigenvalue weighted by molar-refractivity contribution is 7.98. The molecule has 1 heterocycles. The number of ether oxygens (including phenoxy) is 1. The number of hydrogen-bond donors (Lipinski definition) is 1. The van der Waals surface area contributed by atoms with Crippen molar-refractivity contribution in [2.75, 3.05) is 19.5 Å². The van der Waals surface area contributed by atoms with E-state index in [4.69, 9.17) is 10.5 Å². The molecular weight excluding hydrogens is 218 g/mol. The van der Waals surface area contributed by atoms with Crippen LogP contribution in [0.3, 0.4) is 0 Å². The smallest absolute Gasteiger partial charge is 0.0512 e. The lowest BCUT2D eigenvalue weighted by Gasteiger charge is -2.27. The van der Waals surface area contributed by atoms with Crippen molar-refractivity contribution in [3.63, 3.8) is 0 Å². The zero-order valence-electron chi connectivity index (χ0n) is 9.69. The van der Waals surface area contributed by atoms with Gasteiger partial charge in [-0.25, -0.2) is 0 Å². The Morgan fingerprint density at radius 2 is 2.12 bits per heavy atom. The van der Waals surface area contributed by atoms with Crippen LogP contribution in [0.5, 0.6) is 0 Å². The van der Waals surface area contributed by atoms with Gasteiger partial charge < -0.3 is 10.5 Å². The third-order valence-corrected chi connectivity index (χ3v) is 3.95. The van der Waals surface area contributed by atoms with Crippen molar-refractivity contribution in [2.45, 2.75) is 23.8 Å². The van der Waals surface area contributed by atoms with Crippen LogP contribution in [0.4, 0.5) is 0 Å². The third kappa shape index (κ3) is 2.78. The van der Waals surface area contributed by atoms with Crippen LogP contribution in [0, 0.1) is 5.92 Å².